The van der Waals surface area contributed by atoms with E-state index in [4.69, 9.17) is 14.6 Å². The van der Waals surface area contributed by atoms with Crippen molar-refractivity contribution >= 4 is 0 Å². The van der Waals surface area contributed by atoms with Crippen LogP contribution in [0.25, 0.3) is 0 Å². The average Bonchev–Trinajstić information content (AvgIpc) is 2.74. The molecule has 1 N–H and O–H groups in total. The van der Waals surface area contributed by atoms with Crippen molar-refractivity contribution < 1.29 is 14.6 Å². The van der Waals surface area contributed by atoms with Gasteiger partial charge in [0, 0.05) is 6.61 Å². The zero-order valence-corrected chi connectivity index (χ0v) is 14.4. The van der Waals surface area contributed by atoms with Crippen LogP contribution in [0.15, 0.2) is 0 Å². The van der Waals surface area contributed by atoms with Gasteiger partial charge in [-0.05, 0) is 33.1 Å². The van der Waals surface area contributed by atoms with E-state index >= 15 is 0 Å². The van der Waals surface area contributed by atoms with Gasteiger partial charge in [0.25, 0.3) is 0 Å². The number of ether oxygens (including phenoxy) is 2. The summed E-state index contributed by atoms with van der Waals surface area (Å²) in [4.78, 5) is 0. The Morgan fingerprint density at radius 3 is 1.76 bits per heavy atom. The summed E-state index contributed by atoms with van der Waals surface area (Å²) in [5.74, 6) is -0.453. The SMILES string of the molecule is CCCCCCCCCC[C@H]1OC(C)(C)O[C@H]1CCCO. The second-order valence-electron chi connectivity index (χ2n) is 6.84. The number of unbranched alkanes of at least 4 members (excludes halogenated alkanes) is 7. The fourth-order valence-corrected chi connectivity index (χ4v) is 3.17. The smallest absolute Gasteiger partial charge is 0.163 e. The van der Waals surface area contributed by atoms with Crippen molar-refractivity contribution in [2.45, 2.75) is 109 Å². The Hall–Kier alpha value is -0.120. The van der Waals surface area contributed by atoms with Gasteiger partial charge in [0.2, 0.25) is 0 Å². The molecule has 21 heavy (non-hydrogen) atoms. The van der Waals surface area contributed by atoms with E-state index in [1.165, 1.54) is 51.4 Å². The van der Waals surface area contributed by atoms with Crippen LogP contribution in [-0.4, -0.2) is 29.7 Å². The zero-order valence-electron chi connectivity index (χ0n) is 14.4. The number of aliphatic hydroxyl groups excluding tert-OH is 1. The van der Waals surface area contributed by atoms with Crippen LogP contribution in [0.4, 0.5) is 0 Å². The van der Waals surface area contributed by atoms with Gasteiger partial charge >= 0.3 is 0 Å². The monoisotopic (exact) mass is 300 g/mol. The van der Waals surface area contributed by atoms with Crippen molar-refractivity contribution in [2.24, 2.45) is 0 Å². The van der Waals surface area contributed by atoms with Gasteiger partial charge in [-0.3, -0.25) is 0 Å². The largest absolute Gasteiger partial charge is 0.396 e. The van der Waals surface area contributed by atoms with Gasteiger partial charge in [0.05, 0.1) is 12.2 Å². The van der Waals surface area contributed by atoms with Crippen LogP contribution in [0, 0.1) is 0 Å². The van der Waals surface area contributed by atoms with Gasteiger partial charge < -0.3 is 14.6 Å². The Kier molecular flexibility index (Phi) is 9.54. The van der Waals surface area contributed by atoms with Gasteiger partial charge in [0.15, 0.2) is 5.79 Å². The highest BCUT2D eigenvalue weighted by Crippen LogP contribution is 2.33. The second kappa shape index (κ2) is 10.6. The second-order valence-corrected chi connectivity index (χ2v) is 6.84. The van der Waals surface area contributed by atoms with Crippen molar-refractivity contribution in [3.8, 4) is 0 Å². The summed E-state index contributed by atoms with van der Waals surface area (Å²) in [7, 11) is 0. The lowest BCUT2D eigenvalue weighted by Crippen LogP contribution is -2.22. The van der Waals surface area contributed by atoms with Crippen LogP contribution in [0.3, 0.4) is 0 Å². The van der Waals surface area contributed by atoms with E-state index in [0.29, 0.717) is 0 Å². The molecule has 0 spiro atoms. The number of hydrogen-bond donors (Lipinski definition) is 1. The summed E-state index contributed by atoms with van der Waals surface area (Å²) in [6, 6.07) is 0. The van der Waals surface area contributed by atoms with Crippen LogP contribution in [0.1, 0.15) is 91.4 Å². The molecule has 126 valence electrons. The normalized spacial score (nSPS) is 24.6. The third-order valence-corrected chi connectivity index (χ3v) is 4.27. The van der Waals surface area contributed by atoms with E-state index in [0.717, 1.165) is 19.3 Å². The minimum Gasteiger partial charge on any atom is -0.396 e. The summed E-state index contributed by atoms with van der Waals surface area (Å²) < 4.78 is 12.0. The first-order valence-electron chi connectivity index (χ1n) is 9.05. The Bertz CT molecular complexity index is 253. The molecule has 3 heteroatoms. The van der Waals surface area contributed by atoms with E-state index in [-0.39, 0.29) is 18.8 Å². The van der Waals surface area contributed by atoms with E-state index in [9.17, 15) is 0 Å². The summed E-state index contributed by atoms with van der Waals surface area (Å²) in [5, 5.41) is 8.98. The van der Waals surface area contributed by atoms with Crippen molar-refractivity contribution in [1.29, 1.82) is 0 Å². The minimum atomic E-state index is -0.453. The van der Waals surface area contributed by atoms with Gasteiger partial charge in [-0.2, -0.15) is 0 Å². The molecule has 0 radical (unpaired) electrons. The van der Waals surface area contributed by atoms with Gasteiger partial charge in [-0.25, -0.2) is 0 Å². The maximum Gasteiger partial charge on any atom is 0.163 e. The van der Waals surface area contributed by atoms with Crippen LogP contribution >= 0.6 is 0 Å². The van der Waals surface area contributed by atoms with Crippen molar-refractivity contribution in [1.82, 2.24) is 0 Å². The van der Waals surface area contributed by atoms with Crippen LogP contribution in [0.5, 0.6) is 0 Å². The lowest BCUT2D eigenvalue weighted by molar-refractivity contribution is -0.147. The molecular weight excluding hydrogens is 264 g/mol. The number of hydrogen-bond acceptors (Lipinski definition) is 3. The predicted octanol–water partition coefficient (Wildman–Crippen LogP) is 4.81. The molecule has 0 aromatic carbocycles. The molecule has 1 aliphatic heterocycles. The van der Waals surface area contributed by atoms with Gasteiger partial charge in [-0.1, -0.05) is 58.3 Å². The third-order valence-electron chi connectivity index (χ3n) is 4.27. The zero-order chi connectivity index (χ0) is 15.6. The third kappa shape index (κ3) is 8.18. The average molecular weight is 300 g/mol. The predicted molar refractivity (Wildman–Crippen MR) is 87.4 cm³/mol. The first-order chi connectivity index (χ1) is 10.1. The molecule has 2 atom stereocenters. The fourth-order valence-electron chi connectivity index (χ4n) is 3.17. The summed E-state index contributed by atoms with van der Waals surface area (Å²) >= 11 is 0. The first-order valence-corrected chi connectivity index (χ1v) is 9.05. The van der Waals surface area contributed by atoms with E-state index in [2.05, 4.69) is 6.92 Å². The first kappa shape index (κ1) is 18.9. The number of aliphatic hydroxyl groups is 1. The fraction of sp³-hybridized carbons (Fsp3) is 1.00. The quantitative estimate of drug-likeness (QED) is 0.526. The Labute approximate surface area is 131 Å². The van der Waals surface area contributed by atoms with Crippen molar-refractivity contribution in [2.75, 3.05) is 6.61 Å². The maximum absolute atomic E-state index is 8.98. The lowest BCUT2D eigenvalue weighted by Gasteiger charge is -2.16. The summed E-state index contributed by atoms with van der Waals surface area (Å²) in [6.07, 6.45) is 13.9. The molecule has 1 aliphatic rings. The van der Waals surface area contributed by atoms with E-state index in [1.54, 1.807) is 0 Å². The molecule has 3 nitrogen and oxygen atoms in total. The van der Waals surface area contributed by atoms with E-state index < -0.39 is 5.79 Å². The molecule has 1 saturated heterocycles. The van der Waals surface area contributed by atoms with Crippen LogP contribution < -0.4 is 0 Å². The molecule has 1 fully saturated rings. The number of rotatable bonds is 12. The Morgan fingerprint density at radius 1 is 0.762 bits per heavy atom. The highest BCUT2D eigenvalue weighted by Gasteiger charge is 2.40. The molecule has 1 rings (SSSR count). The molecule has 1 heterocycles. The molecule has 0 unspecified atom stereocenters. The minimum absolute atomic E-state index is 0.164. The highest BCUT2D eigenvalue weighted by molar-refractivity contribution is 4.81. The summed E-state index contributed by atoms with van der Waals surface area (Å²) in [5.41, 5.74) is 0. The van der Waals surface area contributed by atoms with Crippen LogP contribution in [-0.2, 0) is 9.47 Å². The Balaban J connectivity index is 2.11. The maximum atomic E-state index is 8.98. The van der Waals surface area contributed by atoms with Gasteiger partial charge in [-0.15, -0.1) is 0 Å². The molecule has 0 aliphatic carbocycles. The Morgan fingerprint density at radius 2 is 1.24 bits per heavy atom. The van der Waals surface area contributed by atoms with Crippen molar-refractivity contribution in [3.05, 3.63) is 0 Å². The molecule has 0 bridgehead atoms. The molecule has 0 amide bonds. The van der Waals surface area contributed by atoms with E-state index in [1.807, 2.05) is 13.8 Å². The topological polar surface area (TPSA) is 38.7 Å². The molecule has 0 saturated carbocycles. The van der Waals surface area contributed by atoms with Gasteiger partial charge in [0.1, 0.15) is 0 Å². The van der Waals surface area contributed by atoms with Crippen molar-refractivity contribution in [3.63, 3.8) is 0 Å². The molecule has 0 aromatic rings. The summed E-state index contributed by atoms with van der Waals surface area (Å²) in [6.45, 7) is 6.49. The van der Waals surface area contributed by atoms with Crippen LogP contribution in [0.2, 0.25) is 0 Å². The molecule has 0 aromatic heterocycles. The highest BCUT2D eigenvalue weighted by atomic mass is 16.7. The molecular formula is C18H36O3. The standard InChI is InChI=1S/C18H36O3/c1-4-5-6-7-8-9-10-11-13-16-17(14-12-15-19)21-18(2,3)20-16/h16-17,19H,4-15H2,1-3H3/t16-,17+/m1/s1. The lowest BCUT2D eigenvalue weighted by atomic mass is 10.0.